The number of amides is 1. The second-order valence-corrected chi connectivity index (χ2v) is 9.82. The van der Waals surface area contributed by atoms with E-state index >= 15 is 0 Å². The number of carbonyl (C=O) groups excluding carboxylic acids is 1. The van der Waals surface area contributed by atoms with Crippen LogP contribution in [0.1, 0.15) is 35.0 Å². The molecule has 1 unspecified atom stereocenters. The summed E-state index contributed by atoms with van der Waals surface area (Å²) < 4.78 is 5.52. The number of anilines is 1. The van der Waals surface area contributed by atoms with E-state index in [1.807, 2.05) is 72.9 Å². The van der Waals surface area contributed by atoms with Gasteiger partial charge in [0, 0.05) is 37.6 Å². The third kappa shape index (κ3) is 6.97. The molecule has 1 aliphatic heterocycles. The van der Waals surface area contributed by atoms with Crippen LogP contribution in [-0.2, 0) is 6.54 Å². The average molecular weight is 505 g/mol. The molecule has 0 aliphatic carbocycles. The normalized spacial score (nSPS) is 15.6. The predicted molar refractivity (Wildman–Crippen MR) is 148 cm³/mol. The molecule has 7 heteroatoms. The SMILES string of the molecule is CCOc1ccc(N/C=C\C(NC)N(C(=O)c2cccs2)C2CCN(Cc3ccccc3)CC2)cc1. The van der Waals surface area contributed by atoms with Gasteiger partial charge in [-0.15, -0.1) is 11.3 Å². The maximum absolute atomic E-state index is 13.6. The highest BCUT2D eigenvalue weighted by molar-refractivity contribution is 7.12. The van der Waals surface area contributed by atoms with Crippen molar-refractivity contribution in [2.24, 2.45) is 0 Å². The van der Waals surface area contributed by atoms with Gasteiger partial charge in [0.2, 0.25) is 0 Å². The van der Waals surface area contributed by atoms with Crippen molar-refractivity contribution in [3.63, 3.8) is 0 Å². The van der Waals surface area contributed by atoms with Crippen molar-refractivity contribution in [2.45, 2.75) is 38.5 Å². The summed E-state index contributed by atoms with van der Waals surface area (Å²) in [6, 6.07) is 22.5. The molecule has 6 nitrogen and oxygen atoms in total. The summed E-state index contributed by atoms with van der Waals surface area (Å²) in [5.41, 5.74) is 2.30. The second kappa shape index (κ2) is 13.3. The summed E-state index contributed by atoms with van der Waals surface area (Å²) in [6.45, 7) is 5.52. The van der Waals surface area contributed by atoms with E-state index in [1.165, 1.54) is 16.9 Å². The van der Waals surface area contributed by atoms with Crippen LogP contribution in [0.5, 0.6) is 5.75 Å². The Bertz CT molecular complexity index is 1080. The van der Waals surface area contributed by atoms with Crippen LogP contribution < -0.4 is 15.4 Å². The van der Waals surface area contributed by atoms with Crippen LogP contribution in [0, 0.1) is 0 Å². The molecule has 0 bridgehead atoms. The van der Waals surface area contributed by atoms with Crippen LogP contribution >= 0.6 is 11.3 Å². The van der Waals surface area contributed by atoms with Crippen molar-refractivity contribution < 1.29 is 9.53 Å². The van der Waals surface area contributed by atoms with Gasteiger partial charge in [-0.2, -0.15) is 0 Å². The highest BCUT2D eigenvalue weighted by Crippen LogP contribution is 2.24. The third-order valence-corrected chi connectivity index (χ3v) is 7.31. The fourth-order valence-electron chi connectivity index (χ4n) is 4.62. The van der Waals surface area contributed by atoms with E-state index in [1.54, 1.807) is 0 Å². The summed E-state index contributed by atoms with van der Waals surface area (Å²) in [6.07, 6.45) is 5.61. The fraction of sp³-hybridized carbons (Fsp3) is 0.345. The van der Waals surface area contributed by atoms with Crippen LogP contribution in [-0.4, -0.2) is 54.7 Å². The Labute approximate surface area is 218 Å². The molecule has 1 saturated heterocycles. The number of thiophene rings is 1. The molecular formula is C29H36N4O2S. The zero-order chi connectivity index (χ0) is 25.2. The second-order valence-electron chi connectivity index (χ2n) is 8.88. The number of nitrogens with zero attached hydrogens (tertiary/aromatic N) is 2. The molecule has 4 rings (SSSR count). The van der Waals surface area contributed by atoms with E-state index < -0.39 is 0 Å². The summed E-state index contributed by atoms with van der Waals surface area (Å²) in [7, 11) is 1.91. The lowest BCUT2D eigenvalue weighted by Gasteiger charge is -2.41. The minimum atomic E-state index is -0.222. The van der Waals surface area contributed by atoms with E-state index in [0.717, 1.165) is 48.8 Å². The molecule has 3 aromatic rings. The van der Waals surface area contributed by atoms with Gasteiger partial charge in [0.15, 0.2) is 0 Å². The Hall–Kier alpha value is -3.13. The molecule has 1 atom stereocenters. The zero-order valence-corrected chi connectivity index (χ0v) is 21.9. The van der Waals surface area contributed by atoms with Crippen LogP contribution in [0.4, 0.5) is 5.69 Å². The molecule has 1 aliphatic rings. The van der Waals surface area contributed by atoms with Crippen LogP contribution in [0.15, 0.2) is 84.4 Å². The van der Waals surface area contributed by atoms with Crippen LogP contribution in [0.25, 0.3) is 0 Å². The number of nitrogens with one attached hydrogen (secondary N) is 2. The monoisotopic (exact) mass is 504 g/mol. The van der Waals surface area contributed by atoms with Crippen molar-refractivity contribution in [1.82, 2.24) is 15.1 Å². The Balaban J connectivity index is 1.43. The first-order valence-electron chi connectivity index (χ1n) is 12.6. The van der Waals surface area contributed by atoms with Crippen LogP contribution in [0.3, 0.4) is 0 Å². The number of likely N-dealkylation sites (N-methyl/N-ethyl adjacent to an activating group) is 1. The minimum Gasteiger partial charge on any atom is -0.494 e. The molecule has 0 saturated carbocycles. The maximum atomic E-state index is 13.6. The topological polar surface area (TPSA) is 56.8 Å². The van der Waals surface area contributed by atoms with Gasteiger partial charge in [-0.25, -0.2) is 0 Å². The highest BCUT2D eigenvalue weighted by atomic mass is 32.1. The number of carbonyl (C=O) groups is 1. The molecule has 0 radical (unpaired) electrons. The number of hydrogen-bond donors (Lipinski definition) is 2. The minimum absolute atomic E-state index is 0.0802. The van der Waals surface area contributed by atoms with E-state index in [2.05, 4.69) is 45.9 Å². The quantitative estimate of drug-likeness (QED) is 0.341. The van der Waals surface area contributed by atoms with E-state index in [4.69, 9.17) is 4.74 Å². The molecule has 190 valence electrons. The lowest BCUT2D eigenvalue weighted by atomic mass is 10.0. The molecule has 2 heterocycles. The Morgan fingerprint density at radius 2 is 1.86 bits per heavy atom. The molecule has 1 aromatic heterocycles. The average Bonchev–Trinajstić information content (AvgIpc) is 3.46. The van der Waals surface area contributed by atoms with Gasteiger partial charge in [0.05, 0.1) is 11.5 Å². The maximum Gasteiger partial charge on any atom is 0.265 e. The smallest absolute Gasteiger partial charge is 0.265 e. The lowest BCUT2D eigenvalue weighted by molar-refractivity contribution is 0.0461. The number of likely N-dealkylation sites (tertiary alicyclic amines) is 1. The molecule has 2 aromatic carbocycles. The number of benzene rings is 2. The Morgan fingerprint density at radius 3 is 2.50 bits per heavy atom. The zero-order valence-electron chi connectivity index (χ0n) is 21.1. The van der Waals surface area contributed by atoms with Crippen molar-refractivity contribution in [3.05, 3.63) is 94.8 Å². The first-order chi connectivity index (χ1) is 17.7. The third-order valence-electron chi connectivity index (χ3n) is 6.46. The van der Waals surface area contributed by atoms with E-state index in [-0.39, 0.29) is 18.1 Å². The van der Waals surface area contributed by atoms with Gasteiger partial charge in [0.25, 0.3) is 5.91 Å². The number of hydrogen-bond acceptors (Lipinski definition) is 6. The standard InChI is InChI=1S/C29H36N4O2S/c1-3-35-26-13-11-24(12-14-26)31-18-15-28(30-2)33(29(34)27-10-7-21-36-27)25-16-19-32(20-17-25)22-23-8-5-4-6-9-23/h4-15,18,21,25,28,30-31H,3,16-17,19-20,22H2,1-2H3/b18-15-. The van der Waals surface area contributed by atoms with E-state index in [9.17, 15) is 4.79 Å². The largest absolute Gasteiger partial charge is 0.494 e. The van der Waals surface area contributed by atoms with Gasteiger partial charge in [-0.1, -0.05) is 36.4 Å². The Kier molecular flexibility index (Phi) is 9.55. The van der Waals surface area contributed by atoms with E-state index in [0.29, 0.717) is 6.61 Å². The Morgan fingerprint density at radius 1 is 1.11 bits per heavy atom. The molecule has 1 amide bonds. The van der Waals surface area contributed by atoms with Crippen molar-refractivity contribution >= 4 is 22.9 Å². The summed E-state index contributed by atoms with van der Waals surface area (Å²) in [5, 5.41) is 8.64. The number of piperidine rings is 1. The molecule has 0 spiro atoms. The molecule has 2 N–H and O–H groups in total. The van der Waals surface area contributed by atoms with Crippen molar-refractivity contribution in [2.75, 3.05) is 32.1 Å². The summed E-state index contributed by atoms with van der Waals surface area (Å²) >= 11 is 1.50. The van der Waals surface area contributed by atoms with Gasteiger partial charge >= 0.3 is 0 Å². The van der Waals surface area contributed by atoms with Gasteiger partial charge in [0.1, 0.15) is 11.9 Å². The van der Waals surface area contributed by atoms with Gasteiger partial charge in [-0.3, -0.25) is 15.0 Å². The van der Waals surface area contributed by atoms with Crippen molar-refractivity contribution in [3.8, 4) is 5.75 Å². The molecule has 1 fully saturated rings. The summed E-state index contributed by atoms with van der Waals surface area (Å²) in [5.74, 6) is 0.933. The lowest BCUT2D eigenvalue weighted by Crippen LogP contribution is -2.54. The predicted octanol–water partition coefficient (Wildman–Crippen LogP) is 5.42. The van der Waals surface area contributed by atoms with Gasteiger partial charge < -0.3 is 15.0 Å². The molecule has 36 heavy (non-hydrogen) atoms. The van der Waals surface area contributed by atoms with Crippen LogP contribution in [0.2, 0.25) is 0 Å². The first-order valence-corrected chi connectivity index (χ1v) is 13.5. The van der Waals surface area contributed by atoms with Crippen molar-refractivity contribution in [1.29, 1.82) is 0 Å². The number of ether oxygens (including phenoxy) is 1. The number of rotatable bonds is 11. The van der Waals surface area contributed by atoms with Gasteiger partial charge in [-0.05, 0) is 74.2 Å². The molecular weight excluding hydrogens is 468 g/mol. The highest BCUT2D eigenvalue weighted by Gasteiger charge is 2.32. The first kappa shape index (κ1) is 25.9. The summed E-state index contributed by atoms with van der Waals surface area (Å²) in [4.78, 5) is 18.9. The fourth-order valence-corrected chi connectivity index (χ4v) is 5.29.